The van der Waals surface area contributed by atoms with Gasteiger partial charge in [-0.25, -0.2) is 0 Å². The first-order valence-electron chi connectivity index (χ1n) is 6.99. The summed E-state index contributed by atoms with van der Waals surface area (Å²) < 4.78 is 5.71. The van der Waals surface area contributed by atoms with Crippen molar-refractivity contribution in [3.63, 3.8) is 0 Å². The highest BCUT2D eigenvalue weighted by atomic mass is 16.5. The first-order chi connectivity index (χ1) is 8.69. The van der Waals surface area contributed by atoms with E-state index in [0.717, 1.165) is 52.0 Å². The highest BCUT2D eigenvalue weighted by Gasteiger charge is 2.29. The number of ether oxygens (including phenoxy) is 1. The lowest BCUT2D eigenvalue weighted by atomic mass is 9.99. The van der Waals surface area contributed by atoms with Crippen LogP contribution in [0.2, 0.25) is 0 Å². The van der Waals surface area contributed by atoms with Gasteiger partial charge in [-0.05, 0) is 19.3 Å². The molecule has 0 saturated carbocycles. The monoisotopic (exact) mass is 256 g/mol. The summed E-state index contributed by atoms with van der Waals surface area (Å²) in [6.07, 6.45) is 3.76. The summed E-state index contributed by atoms with van der Waals surface area (Å²) >= 11 is 0. The van der Waals surface area contributed by atoms with Gasteiger partial charge < -0.3 is 9.84 Å². The number of hydrogen-bond acceptors (Lipinski definition) is 4. The fraction of sp³-hybridized carbons (Fsp3) is 0.923. The molecule has 0 amide bonds. The quantitative estimate of drug-likeness (QED) is 0.800. The minimum atomic E-state index is -0.722. The number of rotatable bonds is 4. The standard InChI is InChI=1S/C13H24N2O3/c1-2-12-9-11(3-8-18-12)15-6-4-14(5-7-15)10-13(16)17/h11-12H,2-10H2,1H3,(H,16,17). The van der Waals surface area contributed by atoms with Crippen molar-refractivity contribution < 1.29 is 14.6 Å². The van der Waals surface area contributed by atoms with Crippen molar-refractivity contribution in [1.29, 1.82) is 0 Å². The number of carboxylic acids is 1. The molecule has 2 fully saturated rings. The summed E-state index contributed by atoms with van der Waals surface area (Å²) in [7, 11) is 0. The third-order valence-corrected chi connectivity index (χ3v) is 4.08. The number of piperazine rings is 1. The van der Waals surface area contributed by atoms with Crippen LogP contribution in [0.3, 0.4) is 0 Å². The Balaban J connectivity index is 1.76. The Kier molecular flexibility index (Phi) is 4.97. The second-order valence-corrected chi connectivity index (χ2v) is 5.29. The Morgan fingerprint density at radius 1 is 1.33 bits per heavy atom. The van der Waals surface area contributed by atoms with Gasteiger partial charge in [0, 0.05) is 38.8 Å². The van der Waals surface area contributed by atoms with Crippen molar-refractivity contribution in [3.8, 4) is 0 Å². The molecule has 104 valence electrons. The van der Waals surface area contributed by atoms with Crippen LogP contribution in [0.15, 0.2) is 0 Å². The average Bonchev–Trinajstić information content (AvgIpc) is 2.39. The lowest BCUT2D eigenvalue weighted by Gasteiger charge is -2.42. The van der Waals surface area contributed by atoms with E-state index in [1.54, 1.807) is 0 Å². The molecule has 5 heteroatoms. The molecule has 2 saturated heterocycles. The Morgan fingerprint density at radius 3 is 2.67 bits per heavy atom. The van der Waals surface area contributed by atoms with Gasteiger partial charge in [-0.3, -0.25) is 14.6 Å². The van der Waals surface area contributed by atoms with Gasteiger partial charge in [0.05, 0.1) is 12.6 Å². The van der Waals surface area contributed by atoms with Crippen LogP contribution >= 0.6 is 0 Å². The highest BCUT2D eigenvalue weighted by Crippen LogP contribution is 2.22. The molecule has 0 aromatic heterocycles. The Hall–Kier alpha value is -0.650. The summed E-state index contributed by atoms with van der Waals surface area (Å²) in [5, 5.41) is 8.78. The summed E-state index contributed by atoms with van der Waals surface area (Å²) in [4.78, 5) is 15.2. The normalized spacial score (nSPS) is 31.4. The topological polar surface area (TPSA) is 53.0 Å². The van der Waals surface area contributed by atoms with Crippen LogP contribution in [0.25, 0.3) is 0 Å². The van der Waals surface area contributed by atoms with E-state index in [0.29, 0.717) is 12.1 Å². The number of carboxylic acid groups (broad SMARTS) is 1. The number of hydrogen-bond donors (Lipinski definition) is 1. The highest BCUT2D eigenvalue weighted by molar-refractivity contribution is 5.69. The molecule has 2 atom stereocenters. The van der Waals surface area contributed by atoms with Crippen LogP contribution in [0.4, 0.5) is 0 Å². The fourth-order valence-corrected chi connectivity index (χ4v) is 2.95. The lowest BCUT2D eigenvalue weighted by Crippen LogP contribution is -2.53. The van der Waals surface area contributed by atoms with Crippen molar-refractivity contribution >= 4 is 5.97 Å². The lowest BCUT2D eigenvalue weighted by molar-refractivity contribution is -0.138. The summed E-state index contributed by atoms with van der Waals surface area (Å²) in [6.45, 7) is 6.97. The predicted octanol–water partition coefficient (Wildman–Crippen LogP) is 0.646. The minimum Gasteiger partial charge on any atom is -0.480 e. The molecular weight excluding hydrogens is 232 g/mol. The van der Waals surface area contributed by atoms with Gasteiger partial charge in [0.15, 0.2) is 0 Å². The van der Waals surface area contributed by atoms with Gasteiger partial charge in [-0.1, -0.05) is 6.92 Å². The van der Waals surface area contributed by atoms with Gasteiger partial charge in [0.2, 0.25) is 0 Å². The molecule has 2 heterocycles. The summed E-state index contributed by atoms with van der Waals surface area (Å²) in [5.41, 5.74) is 0. The van der Waals surface area contributed by atoms with Crippen molar-refractivity contribution in [2.45, 2.75) is 38.3 Å². The second-order valence-electron chi connectivity index (χ2n) is 5.29. The number of aliphatic carboxylic acids is 1. The Bertz CT molecular complexity index is 277. The van der Waals surface area contributed by atoms with Crippen LogP contribution in [0.5, 0.6) is 0 Å². The van der Waals surface area contributed by atoms with Crippen molar-refractivity contribution in [1.82, 2.24) is 9.80 Å². The van der Waals surface area contributed by atoms with Crippen LogP contribution in [-0.2, 0) is 9.53 Å². The van der Waals surface area contributed by atoms with E-state index in [4.69, 9.17) is 9.84 Å². The zero-order chi connectivity index (χ0) is 13.0. The summed E-state index contributed by atoms with van der Waals surface area (Å²) in [6, 6.07) is 0.635. The van der Waals surface area contributed by atoms with Crippen LogP contribution in [0.1, 0.15) is 26.2 Å². The van der Waals surface area contributed by atoms with Gasteiger partial charge in [0.25, 0.3) is 0 Å². The molecule has 0 bridgehead atoms. The molecule has 2 unspecified atom stereocenters. The van der Waals surface area contributed by atoms with E-state index >= 15 is 0 Å². The van der Waals surface area contributed by atoms with E-state index < -0.39 is 5.97 Å². The maximum absolute atomic E-state index is 10.7. The maximum atomic E-state index is 10.7. The SMILES string of the molecule is CCC1CC(N2CCN(CC(=O)O)CC2)CCO1. The first-order valence-corrected chi connectivity index (χ1v) is 6.99. The third-order valence-electron chi connectivity index (χ3n) is 4.08. The zero-order valence-electron chi connectivity index (χ0n) is 11.2. The minimum absolute atomic E-state index is 0.180. The molecule has 0 radical (unpaired) electrons. The predicted molar refractivity (Wildman–Crippen MR) is 68.7 cm³/mol. The smallest absolute Gasteiger partial charge is 0.317 e. The first kappa shape index (κ1) is 13.8. The Morgan fingerprint density at radius 2 is 2.06 bits per heavy atom. The van der Waals surface area contributed by atoms with E-state index in [2.05, 4.69) is 11.8 Å². The number of carbonyl (C=O) groups is 1. The molecule has 0 aromatic rings. The molecular formula is C13H24N2O3. The molecule has 1 N–H and O–H groups in total. The third kappa shape index (κ3) is 3.67. The zero-order valence-corrected chi connectivity index (χ0v) is 11.2. The van der Waals surface area contributed by atoms with E-state index in [9.17, 15) is 4.79 Å². The molecule has 5 nitrogen and oxygen atoms in total. The summed E-state index contributed by atoms with van der Waals surface area (Å²) in [5.74, 6) is -0.722. The van der Waals surface area contributed by atoms with Gasteiger partial charge in [0.1, 0.15) is 0 Å². The van der Waals surface area contributed by atoms with Gasteiger partial charge >= 0.3 is 5.97 Å². The molecule has 2 aliphatic heterocycles. The average molecular weight is 256 g/mol. The molecule has 18 heavy (non-hydrogen) atoms. The molecule has 0 spiro atoms. The molecule has 0 aliphatic carbocycles. The molecule has 2 rings (SSSR count). The van der Waals surface area contributed by atoms with E-state index in [1.807, 2.05) is 4.90 Å². The largest absolute Gasteiger partial charge is 0.480 e. The van der Waals surface area contributed by atoms with Gasteiger partial charge in [-0.15, -0.1) is 0 Å². The van der Waals surface area contributed by atoms with E-state index in [-0.39, 0.29) is 6.54 Å². The van der Waals surface area contributed by atoms with Crippen molar-refractivity contribution in [2.24, 2.45) is 0 Å². The maximum Gasteiger partial charge on any atom is 0.317 e. The van der Waals surface area contributed by atoms with Gasteiger partial charge in [-0.2, -0.15) is 0 Å². The van der Waals surface area contributed by atoms with Crippen LogP contribution in [-0.4, -0.2) is 72.4 Å². The fourth-order valence-electron chi connectivity index (χ4n) is 2.95. The van der Waals surface area contributed by atoms with Crippen molar-refractivity contribution in [2.75, 3.05) is 39.3 Å². The van der Waals surface area contributed by atoms with Crippen LogP contribution < -0.4 is 0 Å². The molecule has 2 aliphatic rings. The van der Waals surface area contributed by atoms with Crippen LogP contribution in [0, 0.1) is 0 Å². The second kappa shape index (κ2) is 6.50. The Labute approximate surface area is 109 Å². The molecule has 0 aromatic carbocycles. The van der Waals surface area contributed by atoms with E-state index in [1.165, 1.54) is 0 Å². The van der Waals surface area contributed by atoms with Crippen molar-refractivity contribution in [3.05, 3.63) is 0 Å². The number of nitrogens with zero attached hydrogens (tertiary/aromatic N) is 2.